The number of hydrogen-bond acceptors (Lipinski definition) is 4. The van der Waals surface area contributed by atoms with Crippen LogP contribution >= 0.6 is 23.5 Å². The molecule has 0 aromatic heterocycles. The van der Waals surface area contributed by atoms with Crippen molar-refractivity contribution in [1.82, 2.24) is 0 Å². The highest BCUT2D eigenvalue weighted by Crippen LogP contribution is 2.50. The number of nitro groups is 1. The minimum Gasteiger partial charge on any atom is -0.258 e. The molecule has 0 unspecified atom stereocenters. The zero-order chi connectivity index (χ0) is 15.6. The van der Waals surface area contributed by atoms with Gasteiger partial charge in [-0.25, -0.2) is 0 Å². The summed E-state index contributed by atoms with van der Waals surface area (Å²) in [7, 11) is 0. The summed E-state index contributed by atoms with van der Waals surface area (Å²) in [5.74, 6) is 0. The van der Waals surface area contributed by atoms with Gasteiger partial charge >= 0.3 is 0 Å². The second kappa shape index (κ2) is 6.39. The zero-order valence-corrected chi connectivity index (χ0v) is 14.6. The second-order valence-corrected chi connectivity index (χ2v) is 10.8. The third-order valence-electron chi connectivity index (χ3n) is 2.30. The Hall–Kier alpha value is -0.680. The molecule has 0 bridgehead atoms. The Balaban J connectivity index is 3.00. The normalized spacial score (nSPS) is 12.8. The maximum Gasteiger partial charge on any atom is 0.269 e. The van der Waals surface area contributed by atoms with E-state index in [0.29, 0.717) is 0 Å². The molecule has 20 heavy (non-hydrogen) atoms. The van der Waals surface area contributed by atoms with Crippen molar-refractivity contribution in [2.24, 2.45) is 0 Å². The van der Waals surface area contributed by atoms with Crippen LogP contribution in [-0.2, 0) is 0 Å². The lowest BCUT2D eigenvalue weighted by Crippen LogP contribution is -2.15. The van der Waals surface area contributed by atoms with Crippen molar-refractivity contribution >= 4 is 29.2 Å². The van der Waals surface area contributed by atoms with Crippen molar-refractivity contribution in [2.45, 2.75) is 55.6 Å². The van der Waals surface area contributed by atoms with Crippen LogP contribution in [0.4, 0.5) is 5.69 Å². The molecule has 1 aromatic rings. The second-order valence-electron chi connectivity index (χ2n) is 6.64. The van der Waals surface area contributed by atoms with Crippen LogP contribution in [-0.4, -0.2) is 14.4 Å². The Morgan fingerprint density at radius 1 is 0.950 bits per heavy atom. The first kappa shape index (κ1) is 17.4. The van der Waals surface area contributed by atoms with Gasteiger partial charge in [0.1, 0.15) is 0 Å². The summed E-state index contributed by atoms with van der Waals surface area (Å²) in [6, 6.07) is 6.93. The Labute approximate surface area is 130 Å². The maximum atomic E-state index is 10.7. The molecule has 0 aliphatic heterocycles. The first-order chi connectivity index (χ1) is 8.98. The lowest BCUT2D eigenvalue weighted by Gasteiger charge is -2.30. The smallest absolute Gasteiger partial charge is 0.258 e. The molecule has 0 spiro atoms. The molecule has 0 aliphatic carbocycles. The SMILES string of the molecule is CC(C)(C)SC(SC(C)(C)C)c1ccc([N+](=O)[O-])cc1. The van der Waals surface area contributed by atoms with Gasteiger partial charge in [-0.3, -0.25) is 10.1 Å². The van der Waals surface area contributed by atoms with Crippen molar-refractivity contribution in [1.29, 1.82) is 0 Å². The molecule has 1 rings (SSSR count). The highest BCUT2D eigenvalue weighted by atomic mass is 32.2. The number of thioether (sulfide) groups is 2. The maximum absolute atomic E-state index is 10.7. The van der Waals surface area contributed by atoms with Crippen molar-refractivity contribution in [3.05, 3.63) is 39.9 Å². The van der Waals surface area contributed by atoms with E-state index in [9.17, 15) is 10.1 Å². The number of nitrogens with zero attached hydrogens (tertiary/aromatic N) is 1. The van der Waals surface area contributed by atoms with Crippen molar-refractivity contribution in [3.63, 3.8) is 0 Å². The number of hydrogen-bond donors (Lipinski definition) is 0. The van der Waals surface area contributed by atoms with Crippen molar-refractivity contribution in [3.8, 4) is 0 Å². The molecule has 0 saturated carbocycles. The van der Waals surface area contributed by atoms with Crippen LogP contribution in [0.1, 0.15) is 51.7 Å². The standard InChI is InChI=1S/C15H23NO2S2/c1-14(2,3)19-13(20-15(4,5)6)11-7-9-12(10-8-11)16(17)18/h7-10,13H,1-6H3. The molecule has 0 aliphatic rings. The van der Waals surface area contributed by atoms with E-state index >= 15 is 0 Å². The highest BCUT2D eigenvalue weighted by molar-refractivity contribution is 8.17. The third kappa shape index (κ3) is 6.18. The van der Waals surface area contributed by atoms with Crippen LogP contribution < -0.4 is 0 Å². The fourth-order valence-electron chi connectivity index (χ4n) is 1.56. The summed E-state index contributed by atoms with van der Waals surface area (Å²) in [6.07, 6.45) is 0. The Morgan fingerprint density at radius 3 is 1.65 bits per heavy atom. The van der Waals surface area contributed by atoms with Gasteiger partial charge in [-0.05, 0) is 5.56 Å². The van der Waals surface area contributed by atoms with E-state index in [2.05, 4.69) is 41.5 Å². The molecule has 5 heteroatoms. The summed E-state index contributed by atoms with van der Waals surface area (Å²) < 4.78 is 0.561. The van der Waals surface area contributed by atoms with Crippen LogP contribution in [0.2, 0.25) is 0 Å². The Kier molecular flexibility index (Phi) is 5.55. The van der Waals surface area contributed by atoms with Gasteiger partial charge in [0.15, 0.2) is 0 Å². The quantitative estimate of drug-likeness (QED) is 0.409. The van der Waals surface area contributed by atoms with Gasteiger partial charge in [0.25, 0.3) is 5.69 Å². The van der Waals surface area contributed by atoms with Gasteiger partial charge in [-0.1, -0.05) is 53.7 Å². The summed E-state index contributed by atoms with van der Waals surface area (Å²) in [5, 5.41) is 10.7. The van der Waals surface area contributed by atoms with E-state index in [1.54, 1.807) is 12.1 Å². The molecule has 0 fully saturated rings. The molecule has 0 amide bonds. The molecule has 0 radical (unpaired) electrons. The van der Waals surface area contributed by atoms with Gasteiger partial charge < -0.3 is 0 Å². The van der Waals surface area contributed by atoms with E-state index in [-0.39, 0.29) is 24.7 Å². The first-order valence-electron chi connectivity index (χ1n) is 6.58. The first-order valence-corrected chi connectivity index (χ1v) is 8.34. The zero-order valence-electron chi connectivity index (χ0n) is 13.0. The minimum absolute atomic E-state index is 0.144. The average Bonchev–Trinajstić information content (AvgIpc) is 2.24. The monoisotopic (exact) mass is 313 g/mol. The fourth-order valence-corrected chi connectivity index (χ4v) is 5.35. The van der Waals surface area contributed by atoms with Crippen LogP contribution in [0, 0.1) is 10.1 Å². The molecule has 0 atom stereocenters. The number of benzene rings is 1. The minimum atomic E-state index is -0.355. The van der Waals surface area contributed by atoms with Crippen LogP contribution in [0.3, 0.4) is 0 Å². The number of non-ortho nitro benzene ring substituents is 1. The Bertz CT molecular complexity index is 442. The van der Waals surface area contributed by atoms with E-state index in [4.69, 9.17) is 0 Å². The van der Waals surface area contributed by atoms with Gasteiger partial charge in [-0.2, -0.15) is 0 Å². The molecule has 0 heterocycles. The van der Waals surface area contributed by atoms with Crippen LogP contribution in [0.5, 0.6) is 0 Å². The van der Waals surface area contributed by atoms with E-state index in [1.165, 1.54) is 0 Å². The summed E-state index contributed by atoms with van der Waals surface area (Å²) in [4.78, 5) is 10.4. The average molecular weight is 313 g/mol. The van der Waals surface area contributed by atoms with E-state index in [1.807, 2.05) is 35.7 Å². The summed E-state index contributed by atoms with van der Waals surface area (Å²) in [5.41, 5.74) is 1.28. The van der Waals surface area contributed by atoms with E-state index in [0.717, 1.165) is 5.56 Å². The molecular formula is C15H23NO2S2. The predicted octanol–water partition coefficient (Wildman–Crippen LogP) is 5.66. The molecule has 3 nitrogen and oxygen atoms in total. The van der Waals surface area contributed by atoms with Gasteiger partial charge in [0, 0.05) is 21.6 Å². The molecule has 0 saturated heterocycles. The topological polar surface area (TPSA) is 43.1 Å². The van der Waals surface area contributed by atoms with Crippen LogP contribution in [0.25, 0.3) is 0 Å². The highest BCUT2D eigenvalue weighted by Gasteiger charge is 2.26. The van der Waals surface area contributed by atoms with Crippen LogP contribution in [0.15, 0.2) is 24.3 Å². The lowest BCUT2D eigenvalue weighted by atomic mass is 10.2. The summed E-state index contributed by atoms with van der Waals surface area (Å²) in [6.45, 7) is 13.2. The van der Waals surface area contributed by atoms with E-state index < -0.39 is 0 Å². The number of nitro benzene ring substituents is 1. The fraction of sp³-hybridized carbons (Fsp3) is 0.600. The molecular weight excluding hydrogens is 290 g/mol. The predicted molar refractivity (Wildman–Crippen MR) is 90.5 cm³/mol. The van der Waals surface area contributed by atoms with Gasteiger partial charge in [0.05, 0.1) is 9.51 Å². The third-order valence-corrected chi connectivity index (χ3v) is 5.26. The van der Waals surface area contributed by atoms with Crippen molar-refractivity contribution in [2.75, 3.05) is 0 Å². The molecule has 0 N–H and O–H groups in total. The summed E-state index contributed by atoms with van der Waals surface area (Å²) >= 11 is 3.78. The lowest BCUT2D eigenvalue weighted by molar-refractivity contribution is -0.384. The van der Waals surface area contributed by atoms with Gasteiger partial charge in [-0.15, -0.1) is 23.5 Å². The largest absolute Gasteiger partial charge is 0.269 e. The number of rotatable bonds is 4. The molecule has 112 valence electrons. The van der Waals surface area contributed by atoms with Crippen molar-refractivity contribution < 1.29 is 4.92 Å². The Morgan fingerprint density at radius 2 is 1.35 bits per heavy atom. The van der Waals surface area contributed by atoms with Gasteiger partial charge in [0.2, 0.25) is 0 Å². The molecule has 1 aromatic carbocycles.